The highest BCUT2D eigenvalue weighted by atomic mass is 79.9. The first kappa shape index (κ1) is 16.2. The molecule has 0 unspecified atom stereocenters. The van der Waals surface area contributed by atoms with Gasteiger partial charge in [0, 0.05) is 34.9 Å². The number of aryl methyl sites for hydroxylation is 2. The molecule has 7 nitrogen and oxygen atoms in total. The Morgan fingerprint density at radius 1 is 1.33 bits per heavy atom. The van der Waals surface area contributed by atoms with Crippen LogP contribution in [0.4, 0.5) is 10.1 Å². The van der Waals surface area contributed by atoms with Crippen molar-refractivity contribution in [2.24, 2.45) is 7.05 Å². The molecule has 0 aliphatic rings. The average Bonchev–Trinajstić information content (AvgIpc) is 2.86. The molecular weight excluding hydrogens is 381 g/mol. The van der Waals surface area contributed by atoms with Gasteiger partial charge in [0.2, 0.25) is 0 Å². The second-order valence-corrected chi connectivity index (χ2v) is 6.04. The van der Waals surface area contributed by atoms with Crippen molar-refractivity contribution in [2.75, 3.05) is 0 Å². The molecule has 0 bridgehead atoms. The maximum atomic E-state index is 14.6. The van der Waals surface area contributed by atoms with E-state index in [1.807, 2.05) is 0 Å². The molecule has 1 aromatic carbocycles. The minimum Gasteiger partial charge on any atom is -0.258 e. The lowest BCUT2D eigenvalue weighted by Crippen LogP contribution is -1.98. The van der Waals surface area contributed by atoms with Gasteiger partial charge in [0.25, 0.3) is 5.69 Å². The molecule has 3 aromatic rings. The Balaban J connectivity index is 2.14. The van der Waals surface area contributed by atoms with Gasteiger partial charge < -0.3 is 0 Å². The van der Waals surface area contributed by atoms with E-state index in [0.29, 0.717) is 27.0 Å². The van der Waals surface area contributed by atoms with Crippen LogP contribution < -0.4 is 0 Å². The van der Waals surface area contributed by atoms with Crippen molar-refractivity contribution < 1.29 is 9.31 Å². The van der Waals surface area contributed by atoms with Crippen molar-refractivity contribution in [1.29, 1.82) is 0 Å². The Labute approximate surface area is 144 Å². The quantitative estimate of drug-likeness (QED) is 0.502. The van der Waals surface area contributed by atoms with Gasteiger partial charge in [-0.25, -0.2) is 14.1 Å². The Morgan fingerprint density at radius 3 is 2.67 bits per heavy atom. The van der Waals surface area contributed by atoms with Crippen LogP contribution in [-0.4, -0.2) is 24.9 Å². The summed E-state index contributed by atoms with van der Waals surface area (Å²) in [6.07, 6.45) is 1.43. The first-order valence-corrected chi connectivity index (χ1v) is 7.64. The van der Waals surface area contributed by atoms with E-state index in [4.69, 9.17) is 0 Å². The molecule has 122 valence electrons. The van der Waals surface area contributed by atoms with Crippen LogP contribution in [0.2, 0.25) is 0 Å². The van der Waals surface area contributed by atoms with Gasteiger partial charge in [-0.15, -0.1) is 5.10 Å². The van der Waals surface area contributed by atoms with Crippen molar-refractivity contribution >= 4 is 21.6 Å². The summed E-state index contributed by atoms with van der Waals surface area (Å²) in [5, 5.41) is 19.0. The maximum Gasteiger partial charge on any atom is 0.296 e. The number of benzene rings is 1. The third-order valence-electron chi connectivity index (χ3n) is 3.52. The molecular formula is C15H11BrFN5O2. The van der Waals surface area contributed by atoms with E-state index < -0.39 is 10.7 Å². The monoisotopic (exact) mass is 391 g/mol. The highest BCUT2D eigenvalue weighted by molar-refractivity contribution is 9.10. The molecule has 0 saturated heterocycles. The smallest absolute Gasteiger partial charge is 0.258 e. The Hall–Kier alpha value is -2.68. The highest BCUT2D eigenvalue weighted by Crippen LogP contribution is 2.33. The first-order chi connectivity index (χ1) is 11.4. The second-order valence-electron chi connectivity index (χ2n) is 5.12. The fourth-order valence-electron chi connectivity index (χ4n) is 2.47. The number of aromatic nitrogens is 4. The normalized spacial score (nSPS) is 10.8. The number of halogens is 2. The molecule has 0 spiro atoms. The van der Waals surface area contributed by atoms with E-state index >= 15 is 0 Å². The minimum absolute atomic E-state index is 0.105. The number of pyridine rings is 1. The lowest BCUT2D eigenvalue weighted by molar-refractivity contribution is -0.384. The molecule has 0 aliphatic heterocycles. The molecule has 9 heteroatoms. The summed E-state index contributed by atoms with van der Waals surface area (Å²) in [4.78, 5) is 14.7. The number of hydrogen-bond acceptors (Lipinski definition) is 5. The van der Waals surface area contributed by atoms with Gasteiger partial charge in [0.05, 0.1) is 16.3 Å². The number of nitrogens with zero attached hydrogens (tertiary/aromatic N) is 5. The van der Waals surface area contributed by atoms with Gasteiger partial charge in [-0.2, -0.15) is 0 Å². The Bertz CT molecular complexity index is 938. The van der Waals surface area contributed by atoms with E-state index in [-0.39, 0.29) is 11.4 Å². The van der Waals surface area contributed by atoms with Gasteiger partial charge in [-0.1, -0.05) is 11.3 Å². The van der Waals surface area contributed by atoms with Crippen molar-refractivity contribution in [3.63, 3.8) is 0 Å². The average molecular weight is 392 g/mol. The van der Waals surface area contributed by atoms with Crippen LogP contribution in [0.1, 0.15) is 5.69 Å². The summed E-state index contributed by atoms with van der Waals surface area (Å²) >= 11 is 3.15. The Morgan fingerprint density at radius 2 is 2.08 bits per heavy atom. The zero-order valence-corrected chi connectivity index (χ0v) is 14.3. The summed E-state index contributed by atoms with van der Waals surface area (Å²) in [7, 11) is 1.67. The SMILES string of the molecule is Cc1nnn(C)c1-c1ccc(-c2ncc(Br)cc2[N+](=O)[O-])cc1F. The van der Waals surface area contributed by atoms with Crippen LogP contribution in [0.5, 0.6) is 0 Å². The van der Waals surface area contributed by atoms with Crippen LogP contribution in [-0.2, 0) is 7.05 Å². The van der Waals surface area contributed by atoms with Crippen molar-refractivity contribution in [3.8, 4) is 22.5 Å². The summed E-state index contributed by atoms with van der Waals surface area (Å²) in [5.74, 6) is -0.528. The molecule has 2 aromatic heterocycles. The zero-order chi connectivity index (χ0) is 17.4. The fraction of sp³-hybridized carbons (Fsp3) is 0.133. The van der Waals surface area contributed by atoms with E-state index in [1.54, 1.807) is 26.1 Å². The molecule has 0 fully saturated rings. The third-order valence-corrected chi connectivity index (χ3v) is 3.96. The Kier molecular flexibility index (Phi) is 4.10. The summed E-state index contributed by atoms with van der Waals surface area (Å²) in [6, 6.07) is 5.70. The van der Waals surface area contributed by atoms with E-state index in [9.17, 15) is 14.5 Å². The van der Waals surface area contributed by atoms with Crippen LogP contribution in [0.25, 0.3) is 22.5 Å². The molecule has 24 heavy (non-hydrogen) atoms. The lowest BCUT2D eigenvalue weighted by atomic mass is 10.0. The van der Waals surface area contributed by atoms with Gasteiger partial charge in [-0.3, -0.25) is 10.1 Å². The van der Waals surface area contributed by atoms with Gasteiger partial charge in [0.1, 0.15) is 11.5 Å². The number of rotatable bonds is 3. The summed E-state index contributed by atoms with van der Waals surface area (Å²) < 4.78 is 16.6. The van der Waals surface area contributed by atoms with Crippen molar-refractivity contribution in [3.05, 3.63) is 56.6 Å². The predicted octanol–water partition coefficient (Wildman–Crippen LogP) is 3.66. The molecule has 0 aliphatic carbocycles. The minimum atomic E-state index is -0.548. The highest BCUT2D eigenvalue weighted by Gasteiger charge is 2.20. The van der Waals surface area contributed by atoms with E-state index in [2.05, 4.69) is 31.2 Å². The molecule has 0 atom stereocenters. The van der Waals surface area contributed by atoms with Gasteiger partial charge >= 0.3 is 0 Å². The standard InChI is InChI=1S/C15H11BrFN5O2/c1-8-15(21(2)20-19-8)11-4-3-9(5-12(11)17)14-13(22(23)24)6-10(16)7-18-14/h3-7H,1-2H3. The molecule has 0 saturated carbocycles. The molecule has 3 rings (SSSR count). The van der Waals surface area contributed by atoms with Crippen LogP contribution in [0.15, 0.2) is 34.9 Å². The first-order valence-electron chi connectivity index (χ1n) is 6.85. The van der Waals surface area contributed by atoms with Gasteiger partial charge in [0.15, 0.2) is 0 Å². The number of nitro groups is 1. The van der Waals surface area contributed by atoms with Crippen molar-refractivity contribution in [1.82, 2.24) is 20.0 Å². The van der Waals surface area contributed by atoms with Gasteiger partial charge in [-0.05, 0) is 35.0 Å². The largest absolute Gasteiger partial charge is 0.296 e. The molecule has 0 N–H and O–H groups in total. The zero-order valence-electron chi connectivity index (χ0n) is 12.7. The summed E-state index contributed by atoms with van der Waals surface area (Å²) in [6.45, 7) is 1.73. The van der Waals surface area contributed by atoms with Crippen LogP contribution in [0.3, 0.4) is 0 Å². The summed E-state index contributed by atoms with van der Waals surface area (Å²) in [5.41, 5.74) is 1.70. The maximum absolute atomic E-state index is 14.6. The van der Waals surface area contributed by atoms with Crippen LogP contribution in [0, 0.1) is 22.9 Å². The molecule has 0 radical (unpaired) electrons. The van der Waals surface area contributed by atoms with E-state index in [0.717, 1.165) is 0 Å². The predicted molar refractivity (Wildman–Crippen MR) is 88.7 cm³/mol. The van der Waals surface area contributed by atoms with Crippen molar-refractivity contribution in [2.45, 2.75) is 6.92 Å². The third kappa shape index (κ3) is 2.78. The molecule has 2 heterocycles. The lowest BCUT2D eigenvalue weighted by Gasteiger charge is -2.07. The number of hydrogen-bond donors (Lipinski definition) is 0. The second kappa shape index (κ2) is 6.08. The van der Waals surface area contributed by atoms with Crippen LogP contribution >= 0.6 is 15.9 Å². The van der Waals surface area contributed by atoms with E-state index in [1.165, 1.54) is 23.0 Å². The fourth-order valence-corrected chi connectivity index (χ4v) is 2.79. The topological polar surface area (TPSA) is 86.7 Å². The molecule has 0 amide bonds.